The number of carbonyl (C=O) groups excluding carboxylic acids is 1. The van der Waals surface area contributed by atoms with Crippen molar-refractivity contribution in [1.29, 1.82) is 0 Å². The highest BCUT2D eigenvalue weighted by Crippen LogP contribution is 2.33. The maximum atomic E-state index is 12.1. The molecule has 0 aromatic heterocycles. The summed E-state index contributed by atoms with van der Waals surface area (Å²) < 4.78 is 0. The summed E-state index contributed by atoms with van der Waals surface area (Å²) in [5.41, 5.74) is 0.187. The van der Waals surface area contributed by atoms with Gasteiger partial charge in [-0.25, -0.2) is 4.79 Å². The van der Waals surface area contributed by atoms with Crippen LogP contribution in [-0.2, 0) is 9.59 Å². The van der Waals surface area contributed by atoms with Crippen LogP contribution in [0.25, 0.3) is 0 Å². The molecule has 6 nitrogen and oxygen atoms in total. The van der Waals surface area contributed by atoms with Crippen molar-refractivity contribution in [2.75, 3.05) is 5.32 Å². The zero-order valence-corrected chi connectivity index (χ0v) is 10.7. The molecule has 1 aromatic rings. The lowest BCUT2D eigenvalue weighted by atomic mass is 9.95. The van der Waals surface area contributed by atoms with Crippen LogP contribution >= 0.6 is 0 Å². The van der Waals surface area contributed by atoms with E-state index in [4.69, 9.17) is 10.2 Å². The molecule has 1 aliphatic carbocycles. The second kappa shape index (κ2) is 5.73. The Hall–Kier alpha value is -2.37. The van der Waals surface area contributed by atoms with Crippen LogP contribution in [0, 0.1) is 11.8 Å². The first-order valence-corrected chi connectivity index (χ1v) is 6.36. The zero-order chi connectivity index (χ0) is 14.7. The predicted molar refractivity (Wildman–Crippen MR) is 70.5 cm³/mol. The molecular weight excluding hydrogens is 262 g/mol. The molecule has 0 bridgehead atoms. The number of benzene rings is 1. The second-order valence-corrected chi connectivity index (χ2v) is 4.82. The number of carbonyl (C=O) groups is 3. The van der Waals surface area contributed by atoms with Gasteiger partial charge in [-0.2, -0.15) is 0 Å². The first-order chi connectivity index (χ1) is 9.50. The maximum Gasteiger partial charge on any atom is 0.337 e. The van der Waals surface area contributed by atoms with Gasteiger partial charge >= 0.3 is 11.9 Å². The number of anilines is 1. The minimum absolute atomic E-state index is 0.00859. The number of hydrogen-bond acceptors (Lipinski definition) is 3. The summed E-state index contributed by atoms with van der Waals surface area (Å²) in [6.45, 7) is 0. The minimum Gasteiger partial charge on any atom is -0.481 e. The van der Waals surface area contributed by atoms with E-state index < -0.39 is 29.7 Å². The molecule has 2 rings (SSSR count). The lowest BCUT2D eigenvalue weighted by Crippen LogP contribution is -2.30. The molecule has 2 atom stereocenters. The summed E-state index contributed by atoms with van der Waals surface area (Å²) in [7, 11) is 0. The highest BCUT2D eigenvalue weighted by molar-refractivity contribution is 6.02. The number of hydrogen-bond donors (Lipinski definition) is 3. The number of amides is 1. The van der Waals surface area contributed by atoms with Crippen molar-refractivity contribution >= 4 is 23.5 Å². The van der Waals surface area contributed by atoms with Crippen molar-refractivity contribution in [3.63, 3.8) is 0 Å². The SMILES string of the molecule is O=C(O)c1ccccc1NC(=O)[C@@H]1CCC[C@@H]1C(=O)O. The van der Waals surface area contributed by atoms with E-state index >= 15 is 0 Å². The van der Waals surface area contributed by atoms with Crippen LogP contribution in [0.1, 0.15) is 29.6 Å². The quantitative estimate of drug-likeness (QED) is 0.778. The number of aromatic carboxylic acids is 1. The number of nitrogens with one attached hydrogen (secondary N) is 1. The fraction of sp³-hybridized carbons (Fsp3) is 0.357. The Morgan fingerprint density at radius 2 is 1.70 bits per heavy atom. The second-order valence-electron chi connectivity index (χ2n) is 4.82. The minimum atomic E-state index is -1.14. The Morgan fingerprint density at radius 3 is 2.35 bits per heavy atom. The molecule has 1 fully saturated rings. The molecule has 0 radical (unpaired) electrons. The first kappa shape index (κ1) is 14.0. The first-order valence-electron chi connectivity index (χ1n) is 6.36. The molecule has 6 heteroatoms. The molecule has 0 aliphatic heterocycles. The monoisotopic (exact) mass is 277 g/mol. The third-order valence-corrected chi connectivity index (χ3v) is 3.59. The lowest BCUT2D eigenvalue weighted by molar-refractivity contribution is -0.145. The summed E-state index contributed by atoms with van der Waals surface area (Å²) in [5.74, 6) is -3.83. The van der Waals surface area contributed by atoms with Gasteiger partial charge in [-0.15, -0.1) is 0 Å². The van der Waals surface area contributed by atoms with E-state index in [-0.39, 0.29) is 11.3 Å². The van der Waals surface area contributed by atoms with Crippen molar-refractivity contribution in [1.82, 2.24) is 0 Å². The predicted octanol–water partition coefficient (Wildman–Crippen LogP) is 1.82. The average Bonchev–Trinajstić information content (AvgIpc) is 2.88. The third kappa shape index (κ3) is 2.79. The number of para-hydroxylation sites is 1. The molecule has 1 saturated carbocycles. The van der Waals surface area contributed by atoms with Crippen LogP contribution in [0.4, 0.5) is 5.69 Å². The summed E-state index contributed by atoms with van der Waals surface area (Å²) in [6, 6.07) is 6.06. The van der Waals surface area contributed by atoms with E-state index in [0.29, 0.717) is 19.3 Å². The maximum absolute atomic E-state index is 12.1. The van der Waals surface area contributed by atoms with Crippen LogP contribution in [-0.4, -0.2) is 28.1 Å². The highest BCUT2D eigenvalue weighted by atomic mass is 16.4. The smallest absolute Gasteiger partial charge is 0.337 e. The van der Waals surface area contributed by atoms with Crippen molar-refractivity contribution in [3.05, 3.63) is 29.8 Å². The summed E-state index contributed by atoms with van der Waals surface area (Å²) >= 11 is 0. The molecule has 1 aliphatic rings. The van der Waals surface area contributed by atoms with E-state index in [9.17, 15) is 14.4 Å². The lowest BCUT2D eigenvalue weighted by Gasteiger charge is -2.16. The van der Waals surface area contributed by atoms with Crippen LogP contribution in [0.5, 0.6) is 0 Å². The van der Waals surface area contributed by atoms with E-state index in [1.807, 2.05) is 0 Å². The molecule has 0 spiro atoms. The average molecular weight is 277 g/mol. The molecule has 1 aromatic carbocycles. The Morgan fingerprint density at radius 1 is 1.05 bits per heavy atom. The zero-order valence-electron chi connectivity index (χ0n) is 10.7. The van der Waals surface area contributed by atoms with E-state index in [2.05, 4.69) is 5.32 Å². The molecule has 106 valence electrons. The summed E-state index contributed by atoms with van der Waals surface area (Å²) in [5, 5.41) is 20.6. The van der Waals surface area contributed by atoms with Crippen LogP contribution < -0.4 is 5.32 Å². The van der Waals surface area contributed by atoms with E-state index in [0.717, 1.165) is 0 Å². The Kier molecular flexibility index (Phi) is 4.02. The number of aliphatic carboxylic acids is 1. The fourth-order valence-corrected chi connectivity index (χ4v) is 2.57. The molecule has 0 heterocycles. The van der Waals surface area contributed by atoms with Gasteiger partial charge in [0.15, 0.2) is 0 Å². The van der Waals surface area contributed by atoms with Gasteiger partial charge in [0.25, 0.3) is 0 Å². The van der Waals surface area contributed by atoms with Crippen LogP contribution in [0.15, 0.2) is 24.3 Å². The van der Waals surface area contributed by atoms with Crippen molar-refractivity contribution in [2.45, 2.75) is 19.3 Å². The van der Waals surface area contributed by atoms with E-state index in [1.54, 1.807) is 12.1 Å². The van der Waals surface area contributed by atoms with Gasteiger partial charge in [0.2, 0.25) is 5.91 Å². The number of carboxylic acid groups (broad SMARTS) is 2. The number of carboxylic acids is 2. The molecule has 3 N–H and O–H groups in total. The van der Waals surface area contributed by atoms with Crippen LogP contribution in [0.3, 0.4) is 0 Å². The molecule has 0 saturated heterocycles. The van der Waals surface area contributed by atoms with Gasteiger partial charge in [-0.3, -0.25) is 9.59 Å². The van der Waals surface area contributed by atoms with Gasteiger partial charge < -0.3 is 15.5 Å². The van der Waals surface area contributed by atoms with Gasteiger partial charge in [-0.1, -0.05) is 18.6 Å². The Balaban J connectivity index is 2.16. The summed E-state index contributed by atoms with van der Waals surface area (Å²) in [6.07, 6.45) is 1.68. The van der Waals surface area contributed by atoms with Crippen molar-refractivity contribution in [3.8, 4) is 0 Å². The van der Waals surface area contributed by atoms with Gasteiger partial charge in [0.1, 0.15) is 0 Å². The van der Waals surface area contributed by atoms with E-state index in [1.165, 1.54) is 12.1 Å². The van der Waals surface area contributed by atoms with Gasteiger partial charge in [0.05, 0.1) is 23.1 Å². The van der Waals surface area contributed by atoms with Crippen molar-refractivity contribution < 1.29 is 24.6 Å². The van der Waals surface area contributed by atoms with Crippen molar-refractivity contribution in [2.24, 2.45) is 11.8 Å². The highest BCUT2D eigenvalue weighted by Gasteiger charge is 2.37. The summed E-state index contributed by atoms with van der Waals surface area (Å²) in [4.78, 5) is 34.3. The van der Waals surface area contributed by atoms with Gasteiger partial charge in [0, 0.05) is 0 Å². The Bertz CT molecular complexity index is 554. The molecule has 20 heavy (non-hydrogen) atoms. The van der Waals surface area contributed by atoms with Crippen LogP contribution in [0.2, 0.25) is 0 Å². The Labute approximate surface area is 115 Å². The normalized spacial score (nSPS) is 21.4. The molecular formula is C14H15NO5. The number of rotatable bonds is 4. The molecule has 0 unspecified atom stereocenters. The topological polar surface area (TPSA) is 104 Å². The third-order valence-electron chi connectivity index (χ3n) is 3.59. The standard InChI is InChI=1S/C14H15NO5/c16-12(8-5-3-6-9(8)13(17)18)15-11-7-2-1-4-10(11)14(19)20/h1-2,4,7-9H,3,5-6H2,(H,15,16)(H,17,18)(H,19,20)/t8-,9+/m1/s1. The largest absolute Gasteiger partial charge is 0.481 e. The fourth-order valence-electron chi connectivity index (χ4n) is 2.57. The van der Waals surface area contributed by atoms with Gasteiger partial charge in [-0.05, 0) is 25.0 Å². The molecule has 1 amide bonds.